The summed E-state index contributed by atoms with van der Waals surface area (Å²) in [7, 11) is -3.81. The minimum absolute atomic E-state index is 0.0647. The van der Waals surface area contributed by atoms with Crippen molar-refractivity contribution in [1.29, 1.82) is 0 Å². The minimum atomic E-state index is -3.81. The summed E-state index contributed by atoms with van der Waals surface area (Å²) in [6.07, 6.45) is -0.864. The zero-order valence-corrected chi connectivity index (χ0v) is 17.2. The van der Waals surface area contributed by atoms with Crippen molar-refractivity contribution in [3.63, 3.8) is 0 Å². The van der Waals surface area contributed by atoms with E-state index in [-0.39, 0.29) is 10.7 Å². The van der Waals surface area contributed by atoms with Gasteiger partial charge in [-0.15, -0.1) is 0 Å². The highest BCUT2D eigenvalue weighted by atomic mass is 32.2. The molecule has 0 fully saturated rings. The summed E-state index contributed by atoms with van der Waals surface area (Å²) < 4.78 is 41.1. The number of benzene rings is 3. The summed E-state index contributed by atoms with van der Waals surface area (Å²) in [5.41, 5.74) is 1.13. The Kier molecular flexibility index (Phi) is 6.47. The summed E-state index contributed by atoms with van der Waals surface area (Å²) in [4.78, 5) is 24.7. The maximum atomic E-state index is 13.0. The number of amides is 1. The van der Waals surface area contributed by atoms with Crippen LogP contribution in [-0.4, -0.2) is 26.2 Å². The number of halogens is 1. The monoisotopic (exact) mass is 442 g/mol. The zero-order valence-electron chi connectivity index (χ0n) is 16.4. The molecule has 0 heterocycles. The third kappa shape index (κ3) is 5.74. The molecular weight excluding hydrogens is 423 g/mol. The van der Waals surface area contributed by atoms with E-state index in [2.05, 4.69) is 5.32 Å². The van der Waals surface area contributed by atoms with E-state index in [0.717, 1.165) is 0 Å². The first kappa shape index (κ1) is 22.1. The molecule has 0 aliphatic rings. The van der Waals surface area contributed by atoms with Gasteiger partial charge in [-0.1, -0.05) is 0 Å². The Labute approximate surface area is 178 Å². The van der Waals surface area contributed by atoms with Crippen molar-refractivity contribution in [2.24, 2.45) is 5.14 Å². The van der Waals surface area contributed by atoms with Gasteiger partial charge < -0.3 is 10.1 Å². The number of nitrogens with one attached hydrogen (secondary N) is 1. The number of sulfonamides is 1. The molecule has 0 aliphatic heterocycles. The van der Waals surface area contributed by atoms with Gasteiger partial charge in [0.25, 0.3) is 5.91 Å². The van der Waals surface area contributed by atoms with Crippen LogP contribution in [0.25, 0.3) is 0 Å². The van der Waals surface area contributed by atoms with Gasteiger partial charge in [-0.05, 0) is 79.7 Å². The summed E-state index contributed by atoms with van der Waals surface area (Å²) in [5.74, 6) is -0.758. The molecule has 3 aromatic carbocycles. The van der Waals surface area contributed by atoms with Crippen LogP contribution in [0.1, 0.15) is 22.8 Å². The molecule has 0 radical (unpaired) electrons. The average Bonchev–Trinajstić information content (AvgIpc) is 2.74. The lowest BCUT2D eigenvalue weighted by Gasteiger charge is -2.15. The van der Waals surface area contributed by atoms with Crippen LogP contribution in [0, 0.1) is 5.82 Å². The molecule has 0 saturated heterocycles. The van der Waals surface area contributed by atoms with E-state index >= 15 is 0 Å². The number of hydrogen-bond donors (Lipinski definition) is 2. The van der Waals surface area contributed by atoms with E-state index in [9.17, 15) is 22.4 Å². The van der Waals surface area contributed by atoms with Crippen LogP contribution < -0.4 is 15.2 Å². The van der Waals surface area contributed by atoms with Crippen molar-refractivity contribution < 1.29 is 27.1 Å². The Bertz CT molecular complexity index is 1190. The van der Waals surface area contributed by atoms with Crippen molar-refractivity contribution >= 4 is 27.4 Å². The first-order valence-electron chi connectivity index (χ1n) is 9.14. The number of hydrogen-bond acceptors (Lipinski definition) is 5. The number of ketones is 1. The van der Waals surface area contributed by atoms with Crippen molar-refractivity contribution in [1.82, 2.24) is 0 Å². The second-order valence-electron chi connectivity index (χ2n) is 6.68. The molecule has 31 heavy (non-hydrogen) atoms. The molecule has 7 nitrogen and oxygen atoms in total. The summed E-state index contributed by atoms with van der Waals surface area (Å²) in [6.45, 7) is 1.55. The SMILES string of the molecule is CC(Oc1ccc(C(=O)c2ccc(F)cc2)cc1)C(=O)Nc1ccc(S(N)(=O)=O)cc1. The summed E-state index contributed by atoms with van der Waals surface area (Å²) >= 11 is 0. The number of ether oxygens (including phenoxy) is 1. The van der Waals surface area contributed by atoms with E-state index < -0.39 is 27.9 Å². The van der Waals surface area contributed by atoms with E-state index in [1.165, 1.54) is 48.5 Å². The smallest absolute Gasteiger partial charge is 0.265 e. The van der Waals surface area contributed by atoms with Gasteiger partial charge in [0.1, 0.15) is 11.6 Å². The molecule has 1 unspecified atom stereocenters. The van der Waals surface area contributed by atoms with Gasteiger partial charge in [0, 0.05) is 16.8 Å². The number of anilines is 1. The highest BCUT2D eigenvalue weighted by Gasteiger charge is 2.16. The van der Waals surface area contributed by atoms with Crippen LogP contribution >= 0.6 is 0 Å². The Hall–Kier alpha value is -3.56. The van der Waals surface area contributed by atoms with Gasteiger partial charge in [-0.2, -0.15) is 0 Å². The number of nitrogens with two attached hydrogens (primary N) is 1. The largest absolute Gasteiger partial charge is 0.481 e. The number of carbonyl (C=O) groups is 2. The second kappa shape index (κ2) is 9.07. The third-order valence-electron chi connectivity index (χ3n) is 4.36. The maximum absolute atomic E-state index is 13.0. The van der Waals surface area contributed by atoms with Crippen molar-refractivity contribution in [3.05, 3.63) is 89.7 Å². The fourth-order valence-corrected chi connectivity index (χ4v) is 3.20. The van der Waals surface area contributed by atoms with Gasteiger partial charge >= 0.3 is 0 Å². The Balaban J connectivity index is 1.60. The summed E-state index contributed by atoms with van der Waals surface area (Å²) in [6, 6.07) is 16.9. The molecule has 3 N–H and O–H groups in total. The van der Waals surface area contributed by atoms with Crippen molar-refractivity contribution in [2.45, 2.75) is 17.9 Å². The number of rotatable bonds is 7. The summed E-state index contributed by atoms with van der Waals surface area (Å²) in [5, 5.41) is 7.65. The quantitative estimate of drug-likeness (QED) is 0.546. The van der Waals surface area contributed by atoms with Crippen LogP contribution in [0.5, 0.6) is 5.75 Å². The van der Waals surface area contributed by atoms with Crippen LogP contribution in [0.2, 0.25) is 0 Å². The lowest BCUT2D eigenvalue weighted by atomic mass is 10.0. The topological polar surface area (TPSA) is 116 Å². The third-order valence-corrected chi connectivity index (χ3v) is 5.28. The first-order chi connectivity index (χ1) is 14.6. The van der Waals surface area contributed by atoms with Crippen LogP contribution in [-0.2, 0) is 14.8 Å². The number of primary sulfonamides is 1. The molecule has 3 aromatic rings. The highest BCUT2D eigenvalue weighted by molar-refractivity contribution is 7.89. The van der Waals surface area contributed by atoms with Crippen molar-refractivity contribution in [3.8, 4) is 5.75 Å². The van der Waals surface area contributed by atoms with E-state index in [0.29, 0.717) is 22.6 Å². The fourth-order valence-electron chi connectivity index (χ4n) is 2.68. The molecule has 0 bridgehead atoms. The molecule has 160 valence electrons. The molecule has 0 aliphatic carbocycles. The van der Waals surface area contributed by atoms with E-state index in [1.54, 1.807) is 31.2 Å². The lowest BCUT2D eigenvalue weighted by Crippen LogP contribution is -2.30. The Morgan fingerprint density at radius 3 is 1.94 bits per heavy atom. The van der Waals surface area contributed by atoms with Crippen molar-refractivity contribution in [2.75, 3.05) is 5.32 Å². The normalized spacial score (nSPS) is 12.1. The number of carbonyl (C=O) groups excluding carboxylic acids is 2. The molecule has 3 rings (SSSR count). The van der Waals surface area contributed by atoms with Crippen LogP contribution in [0.15, 0.2) is 77.7 Å². The molecule has 1 atom stereocenters. The average molecular weight is 442 g/mol. The molecule has 1 amide bonds. The molecule has 0 saturated carbocycles. The van der Waals surface area contributed by atoms with E-state index in [1.807, 2.05) is 0 Å². The minimum Gasteiger partial charge on any atom is -0.481 e. The van der Waals surface area contributed by atoms with Gasteiger partial charge in [0.05, 0.1) is 4.90 Å². The van der Waals surface area contributed by atoms with Crippen LogP contribution in [0.4, 0.5) is 10.1 Å². The van der Waals surface area contributed by atoms with Gasteiger partial charge in [0.2, 0.25) is 10.0 Å². The predicted octanol–water partition coefficient (Wildman–Crippen LogP) is 3.11. The van der Waals surface area contributed by atoms with Gasteiger partial charge in [-0.25, -0.2) is 17.9 Å². The maximum Gasteiger partial charge on any atom is 0.265 e. The Morgan fingerprint density at radius 2 is 1.42 bits per heavy atom. The Morgan fingerprint density at radius 1 is 0.903 bits per heavy atom. The highest BCUT2D eigenvalue weighted by Crippen LogP contribution is 2.18. The lowest BCUT2D eigenvalue weighted by molar-refractivity contribution is -0.122. The molecule has 0 spiro atoms. The standard InChI is InChI=1S/C22H19FN2O5S/c1-14(22(27)25-18-8-12-20(13-9-18)31(24,28)29)30-19-10-4-16(5-11-19)21(26)15-2-6-17(23)7-3-15/h2-14H,1H3,(H,25,27)(H2,24,28,29). The molecule has 0 aromatic heterocycles. The first-order valence-corrected chi connectivity index (χ1v) is 10.7. The predicted molar refractivity (Wildman–Crippen MR) is 113 cm³/mol. The fraction of sp³-hybridized carbons (Fsp3) is 0.0909. The molecule has 9 heteroatoms. The van der Waals surface area contributed by atoms with E-state index in [4.69, 9.17) is 9.88 Å². The zero-order chi connectivity index (χ0) is 22.6. The van der Waals surface area contributed by atoms with Gasteiger partial charge in [0.15, 0.2) is 11.9 Å². The second-order valence-corrected chi connectivity index (χ2v) is 8.24. The van der Waals surface area contributed by atoms with Gasteiger partial charge in [-0.3, -0.25) is 9.59 Å². The molecular formula is C22H19FN2O5S. The van der Waals surface area contributed by atoms with Crippen LogP contribution in [0.3, 0.4) is 0 Å².